The first-order valence-corrected chi connectivity index (χ1v) is 9.00. The molecule has 4 atom stereocenters. The number of ketones is 1. The van der Waals surface area contributed by atoms with Crippen LogP contribution >= 0.6 is 0 Å². The first-order chi connectivity index (χ1) is 11.9. The number of rotatable bonds is 5. The fourth-order valence-corrected chi connectivity index (χ4v) is 5.84. The van der Waals surface area contributed by atoms with E-state index >= 15 is 0 Å². The zero-order chi connectivity index (χ0) is 18.4. The number of nitrogens with zero attached hydrogens (tertiary/aromatic N) is 1. The van der Waals surface area contributed by atoms with Crippen LogP contribution in [0.15, 0.2) is 0 Å². The molecule has 1 heterocycles. The fraction of sp³-hybridized carbons (Fsp3) is 0.833. The van der Waals surface area contributed by atoms with E-state index < -0.39 is 29.0 Å². The molecule has 0 unspecified atom stereocenters. The number of likely N-dealkylation sites (tertiary alicyclic amines) is 1. The summed E-state index contributed by atoms with van der Waals surface area (Å²) < 4.78 is 11.0. The molecule has 2 bridgehead atoms. The Morgan fingerprint density at radius 2 is 1.96 bits per heavy atom. The van der Waals surface area contributed by atoms with E-state index in [0.717, 1.165) is 6.42 Å². The molecule has 0 aromatic rings. The van der Waals surface area contributed by atoms with E-state index in [9.17, 15) is 19.5 Å². The van der Waals surface area contributed by atoms with E-state index in [-0.39, 0.29) is 24.2 Å². The number of hydrogen-bond acceptors (Lipinski definition) is 5. The summed E-state index contributed by atoms with van der Waals surface area (Å²) in [6, 6.07) is -0.267. The maximum absolute atomic E-state index is 13.4. The third kappa shape index (κ3) is 2.28. The number of carbonyl (C=O) groups is 3. The van der Waals surface area contributed by atoms with Gasteiger partial charge in [-0.3, -0.25) is 14.4 Å². The molecule has 1 amide bonds. The molecule has 1 aliphatic heterocycles. The lowest BCUT2D eigenvalue weighted by Gasteiger charge is -2.64. The number of aliphatic carboxylic acids is 1. The van der Waals surface area contributed by atoms with E-state index in [0.29, 0.717) is 32.2 Å². The van der Waals surface area contributed by atoms with Gasteiger partial charge in [0, 0.05) is 51.0 Å². The maximum atomic E-state index is 13.4. The van der Waals surface area contributed by atoms with Crippen molar-refractivity contribution in [1.29, 1.82) is 0 Å². The minimum Gasteiger partial charge on any atom is -0.480 e. The summed E-state index contributed by atoms with van der Waals surface area (Å²) in [5, 5.41) is 10.1. The van der Waals surface area contributed by atoms with Gasteiger partial charge in [0.2, 0.25) is 5.91 Å². The summed E-state index contributed by atoms with van der Waals surface area (Å²) in [6.07, 6.45) is 2.27. The lowest BCUT2D eigenvalue weighted by molar-refractivity contribution is -0.255. The molecule has 0 aromatic heterocycles. The number of carboxylic acids is 1. The van der Waals surface area contributed by atoms with Gasteiger partial charge in [0.15, 0.2) is 11.7 Å². The van der Waals surface area contributed by atoms with E-state index in [1.54, 1.807) is 4.90 Å². The van der Waals surface area contributed by atoms with Crippen LogP contribution in [0.3, 0.4) is 0 Å². The standard InChI is InChI=1S/C18H27NO6/c1-4-19-12-10-11(20)6-9-17(12)7-5-8-18(15(19)21,16(22)23)13(17)14(24-2)25-3/h12-14H,4-10H2,1-3H3,(H,22,23)/t12-,13-,17+,18+/m1/s1. The molecule has 25 heavy (non-hydrogen) atoms. The highest BCUT2D eigenvalue weighted by molar-refractivity contribution is 6.04. The van der Waals surface area contributed by atoms with Crippen molar-refractivity contribution in [3.63, 3.8) is 0 Å². The van der Waals surface area contributed by atoms with Crippen LogP contribution in [0.2, 0.25) is 0 Å². The second-order valence-electron chi connectivity index (χ2n) is 7.53. The summed E-state index contributed by atoms with van der Waals surface area (Å²) in [5.74, 6) is -1.94. The predicted molar refractivity (Wildman–Crippen MR) is 87.7 cm³/mol. The van der Waals surface area contributed by atoms with Crippen molar-refractivity contribution < 1.29 is 29.0 Å². The predicted octanol–water partition coefficient (Wildman–Crippen LogP) is 1.45. The molecule has 1 saturated heterocycles. The number of Topliss-reactive ketones (excluding diaryl/α,β-unsaturated/α-hetero) is 1. The molecule has 3 fully saturated rings. The topological polar surface area (TPSA) is 93.1 Å². The number of hydrogen-bond donors (Lipinski definition) is 1. The van der Waals surface area contributed by atoms with Crippen molar-refractivity contribution in [1.82, 2.24) is 4.90 Å². The zero-order valence-corrected chi connectivity index (χ0v) is 15.1. The van der Waals surface area contributed by atoms with Crippen molar-refractivity contribution in [2.45, 2.75) is 57.8 Å². The van der Waals surface area contributed by atoms with Crippen molar-refractivity contribution in [2.75, 3.05) is 20.8 Å². The van der Waals surface area contributed by atoms with Gasteiger partial charge in [0.1, 0.15) is 5.78 Å². The molecule has 7 heteroatoms. The summed E-state index contributed by atoms with van der Waals surface area (Å²) >= 11 is 0. The minimum atomic E-state index is -1.54. The van der Waals surface area contributed by atoms with Gasteiger partial charge in [-0.05, 0) is 26.2 Å². The van der Waals surface area contributed by atoms with Gasteiger partial charge in [-0.1, -0.05) is 6.42 Å². The molecule has 2 saturated carbocycles. The summed E-state index contributed by atoms with van der Waals surface area (Å²) in [4.78, 5) is 39.6. The number of carboxylic acid groups (broad SMARTS) is 1. The number of amides is 1. The second kappa shape index (κ2) is 6.36. The molecule has 3 rings (SSSR count). The van der Waals surface area contributed by atoms with Gasteiger partial charge in [-0.25, -0.2) is 0 Å². The van der Waals surface area contributed by atoms with Crippen LogP contribution in [0.1, 0.15) is 45.4 Å². The molecule has 1 spiro atoms. The molecule has 3 aliphatic rings. The summed E-state index contributed by atoms with van der Waals surface area (Å²) in [5.41, 5.74) is -1.99. The number of methoxy groups -OCH3 is 2. The van der Waals surface area contributed by atoms with E-state index in [1.165, 1.54) is 14.2 Å². The molecule has 0 radical (unpaired) electrons. The Labute approximate surface area is 147 Å². The number of ether oxygens (including phenoxy) is 2. The number of fused-ring (bicyclic) bond motifs is 1. The minimum absolute atomic E-state index is 0.139. The van der Waals surface area contributed by atoms with Gasteiger partial charge in [-0.2, -0.15) is 0 Å². The lowest BCUT2D eigenvalue weighted by Crippen LogP contribution is -2.74. The fourth-order valence-electron chi connectivity index (χ4n) is 5.84. The van der Waals surface area contributed by atoms with Crippen LogP contribution in [0.5, 0.6) is 0 Å². The molecule has 140 valence electrons. The largest absolute Gasteiger partial charge is 0.480 e. The quantitative estimate of drug-likeness (QED) is 0.594. The second-order valence-corrected chi connectivity index (χ2v) is 7.53. The molecular formula is C18H27NO6. The average molecular weight is 353 g/mol. The van der Waals surface area contributed by atoms with E-state index in [4.69, 9.17) is 9.47 Å². The average Bonchev–Trinajstić information content (AvgIpc) is 2.59. The Morgan fingerprint density at radius 3 is 2.52 bits per heavy atom. The van der Waals surface area contributed by atoms with E-state index in [2.05, 4.69) is 0 Å². The first kappa shape index (κ1) is 18.3. The zero-order valence-electron chi connectivity index (χ0n) is 15.1. The Balaban J connectivity index is 2.23. The molecule has 1 N–H and O–H groups in total. The van der Waals surface area contributed by atoms with Gasteiger partial charge in [0.25, 0.3) is 0 Å². The van der Waals surface area contributed by atoms with Crippen molar-refractivity contribution in [2.24, 2.45) is 16.7 Å². The van der Waals surface area contributed by atoms with E-state index in [1.807, 2.05) is 6.92 Å². The number of carbonyl (C=O) groups excluding carboxylic acids is 2. The smallest absolute Gasteiger partial charge is 0.319 e. The Bertz CT molecular complexity index is 588. The van der Waals surface area contributed by atoms with Gasteiger partial charge in [-0.15, -0.1) is 0 Å². The summed E-state index contributed by atoms with van der Waals surface area (Å²) in [7, 11) is 2.96. The van der Waals surface area contributed by atoms with Gasteiger partial charge >= 0.3 is 5.97 Å². The third-order valence-corrected chi connectivity index (χ3v) is 6.80. The van der Waals surface area contributed by atoms with Crippen LogP contribution in [0, 0.1) is 16.7 Å². The molecule has 7 nitrogen and oxygen atoms in total. The molecular weight excluding hydrogens is 326 g/mol. The Hall–Kier alpha value is -1.47. The van der Waals surface area contributed by atoms with Crippen LogP contribution in [-0.4, -0.2) is 60.8 Å². The Kier molecular flexibility index (Phi) is 4.66. The van der Waals surface area contributed by atoms with Crippen molar-refractivity contribution in [3.05, 3.63) is 0 Å². The van der Waals surface area contributed by atoms with Crippen LogP contribution in [0.4, 0.5) is 0 Å². The molecule has 2 aliphatic carbocycles. The highest BCUT2D eigenvalue weighted by Gasteiger charge is 2.72. The highest BCUT2D eigenvalue weighted by Crippen LogP contribution is 2.64. The maximum Gasteiger partial charge on any atom is 0.319 e. The van der Waals surface area contributed by atoms with Gasteiger partial charge in [0.05, 0.1) is 0 Å². The van der Waals surface area contributed by atoms with Crippen molar-refractivity contribution >= 4 is 17.7 Å². The van der Waals surface area contributed by atoms with Crippen molar-refractivity contribution in [3.8, 4) is 0 Å². The third-order valence-electron chi connectivity index (χ3n) is 6.80. The summed E-state index contributed by atoms with van der Waals surface area (Å²) in [6.45, 7) is 2.26. The monoisotopic (exact) mass is 353 g/mol. The highest BCUT2D eigenvalue weighted by atomic mass is 16.7. The normalized spacial score (nSPS) is 38.0. The lowest BCUT2D eigenvalue weighted by atomic mass is 9.45. The SMILES string of the molecule is CCN1C(=O)[C@]2(C(=O)O)CCC[C@@]3(CCC(=O)C[C@@H]13)[C@H]2C(OC)OC. The number of piperidine rings is 1. The van der Waals surface area contributed by atoms with Crippen LogP contribution in [-0.2, 0) is 23.9 Å². The first-order valence-electron chi connectivity index (χ1n) is 9.00. The Morgan fingerprint density at radius 1 is 1.28 bits per heavy atom. The van der Waals surface area contributed by atoms with Crippen LogP contribution < -0.4 is 0 Å². The van der Waals surface area contributed by atoms with Crippen LogP contribution in [0.25, 0.3) is 0 Å². The van der Waals surface area contributed by atoms with Gasteiger partial charge < -0.3 is 19.5 Å². The molecule has 0 aromatic carbocycles.